The number of carbonyl (C=O) groups is 1. The molecule has 0 spiro atoms. The summed E-state index contributed by atoms with van der Waals surface area (Å²) in [7, 11) is 0. The third-order valence-corrected chi connectivity index (χ3v) is 7.42. The summed E-state index contributed by atoms with van der Waals surface area (Å²) in [6.45, 7) is 3.84. The summed E-state index contributed by atoms with van der Waals surface area (Å²) >= 11 is 0. The Morgan fingerprint density at radius 2 is 1.58 bits per heavy atom. The summed E-state index contributed by atoms with van der Waals surface area (Å²) in [5.41, 5.74) is 7.77. The number of benzene rings is 3. The lowest BCUT2D eigenvalue weighted by atomic mass is 9.97. The first-order valence-corrected chi connectivity index (χ1v) is 12.9. The second kappa shape index (κ2) is 10.9. The zero-order chi connectivity index (χ0) is 23.6. The average molecular weight is 502 g/mol. The van der Waals surface area contributed by atoms with Gasteiger partial charge in [-0.25, -0.2) is 0 Å². The van der Waals surface area contributed by atoms with E-state index in [2.05, 4.69) is 53.4 Å². The van der Waals surface area contributed by atoms with Crippen LogP contribution in [0.4, 0.5) is 0 Å². The van der Waals surface area contributed by atoms with Gasteiger partial charge in [0.05, 0.1) is 0 Å². The first-order chi connectivity index (χ1) is 17.3. The summed E-state index contributed by atoms with van der Waals surface area (Å²) in [6.07, 6.45) is 8.88. The molecule has 0 N–H and O–H groups in total. The Bertz CT molecular complexity index is 1290. The van der Waals surface area contributed by atoms with E-state index in [4.69, 9.17) is 9.47 Å². The van der Waals surface area contributed by atoms with E-state index in [1.54, 1.807) is 0 Å². The van der Waals surface area contributed by atoms with Crippen LogP contribution in [-0.4, -0.2) is 37.1 Å². The van der Waals surface area contributed by atoms with E-state index in [1.807, 2.05) is 18.2 Å². The predicted molar refractivity (Wildman–Crippen MR) is 147 cm³/mol. The number of piperidine rings is 1. The first kappa shape index (κ1) is 24.6. The van der Waals surface area contributed by atoms with Gasteiger partial charge in [-0.1, -0.05) is 48.9 Å². The number of hydrogen-bond donors (Lipinski definition) is 0. The minimum atomic E-state index is 0. The topological polar surface area (TPSA) is 38.8 Å². The van der Waals surface area contributed by atoms with Crippen molar-refractivity contribution in [2.45, 2.75) is 38.5 Å². The highest BCUT2D eigenvalue weighted by Crippen LogP contribution is 2.46. The highest BCUT2D eigenvalue weighted by molar-refractivity contribution is 6.08. The van der Waals surface area contributed by atoms with Crippen molar-refractivity contribution in [3.8, 4) is 22.6 Å². The molecule has 6 rings (SSSR count). The predicted octanol–water partition coefficient (Wildman–Crippen LogP) is 7.25. The molecule has 3 aromatic rings. The van der Waals surface area contributed by atoms with Crippen molar-refractivity contribution >= 4 is 29.8 Å². The van der Waals surface area contributed by atoms with Gasteiger partial charge in [0, 0.05) is 12.0 Å². The number of carbonyl (C=O) groups excluding carboxylic acids is 1. The summed E-state index contributed by atoms with van der Waals surface area (Å²) in [6, 6.07) is 20.7. The molecule has 0 amide bonds. The van der Waals surface area contributed by atoms with Crippen LogP contribution in [0, 0.1) is 0 Å². The molecular formula is C31H32ClNO3. The van der Waals surface area contributed by atoms with Crippen LogP contribution in [0.3, 0.4) is 0 Å². The van der Waals surface area contributed by atoms with Gasteiger partial charge >= 0.3 is 0 Å². The number of ketones is 1. The van der Waals surface area contributed by atoms with E-state index < -0.39 is 0 Å². The molecule has 1 fully saturated rings. The highest BCUT2D eigenvalue weighted by Gasteiger charge is 2.24. The molecule has 0 saturated carbocycles. The molecule has 2 aliphatic heterocycles. The van der Waals surface area contributed by atoms with Crippen LogP contribution in [0.15, 0.2) is 60.7 Å². The maximum absolute atomic E-state index is 13.0. The number of unbranched alkanes of at least 4 members (excludes halogenated alkanes) is 1. The number of Topliss-reactive ketones (excluding diaryl/α,β-unsaturated/α-hetero) is 1. The van der Waals surface area contributed by atoms with E-state index in [0.29, 0.717) is 6.42 Å². The molecule has 1 saturated heterocycles. The molecule has 2 heterocycles. The molecule has 0 atom stereocenters. The summed E-state index contributed by atoms with van der Waals surface area (Å²) in [4.78, 5) is 15.6. The SMILES string of the molecule is Cl.O=C(CCCCN1CCCCC1)c1ccc2c(c1)-c1ccccc1/C2=C/c1ccc2c(c1)OCO2. The van der Waals surface area contributed by atoms with E-state index in [9.17, 15) is 4.79 Å². The van der Waals surface area contributed by atoms with Crippen LogP contribution < -0.4 is 9.47 Å². The normalized spacial score (nSPS) is 16.9. The van der Waals surface area contributed by atoms with Crippen LogP contribution >= 0.6 is 12.4 Å². The molecule has 4 nitrogen and oxygen atoms in total. The Morgan fingerprint density at radius 3 is 2.44 bits per heavy atom. The monoisotopic (exact) mass is 501 g/mol. The number of fused-ring (bicyclic) bond motifs is 4. The van der Waals surface area contributed by atoms with Gasteiger partial charge in [-0.15, -0.1) is 12.4 Å². The molecular weight excluding hydrogens is 470 g/mol. The third-order valence-electron chi connectivity index (χ3n) is 7.42. The first-order valence-electron chi connectivity index (χ1n) is 12.9. The Labute approximate surface area is 219 Å². The molecule has 0 unspecified atom stereocenters. The third kappa shape index (κ3) is 4.93. The average Bonchev–Trinajstić information content (AvgIpc) is 3.49. The molecule has 0 radical (unpaired) electrons. The molecule has 0 bridgehead atoms. The summed E-state index contributed by atoms with van der Waals surface area (Å²) < 4.78 is 11.0. The Kier molecular flexibility index (Phi) is 7.45. The lowest BCUT2D eigenvalue weighted by molar-refractivity contribution is 0.0977. The summed E-state index contributed by atoms with van der Waals surface area (Å²) in [5.74, 6) is 1.82. The fourth-order valence-corrected chi connectivity index (χ4v) is 5.55. The number of rotatable bonds is 7. The fraction of sp³-hybridized carbons (Fsp3) is 0.323. The van der Waals surface area contributed by atoms with Gasteiger partial charge in [-0.2, -0.15) is 0 Å². The van der Waals surface area contributed by atoms with Gasteiger partial charge in [0.1, 0.15) is 0 Å². The fourth-order valence-electron chi connectivity index (χ4n) is 5.55. The van der Waals surface area contributed by atoms with Gasteiger partial charge in [0.25, 0.3) is 0 Å². The lowest BCUT2D eigenvalue weighted by Gasteiger charge is -2.26. The van der Waals surface area contributed by atoms with Crippen molar-refractivity contribution in [1.82, 2.24) is 4.90 Å². The zero-order valence-corrected chi connectivity index (χ0v) is 21.3. The van der Waals surface area contributed by atoms with Gasteiger partial charge in [-0.3, -0.25) is 4.79 Å². The number of nitrogens with zero attached hydrogens (tertiary/aromatic N) is 1. The van der Waals surface area contributed by atoms with Crippen LogP contribution in [0.1, 0.15) is 65.6 Å². The van der Waals surface area contributed by atoms with E-state index in [0.717, 1.165) is 47.6 Å². The molecule has 3 aliphatic rings. The van der Waals surface area contributed by atoms with Gasteiger partial charge < -0.3 is 14.4 Å². The minimum absolute atomic E-state index is 0. The zero-order valence-electron chi connectivity index (χ0n) is 20.5. The number of halogens is 1. The Hall–Kier alpha value is -3.08. The highest BCUT2D eigenvalue weighted by atomic mass is 35.5. The van der Waals surface area contributed by atoms with Gasteiger partial charge in [-0.05, 0) is 103 Å². The molecule has 5 heteroatoms. The van der Waals surface area contributed by atoms with Crippen molar-refractivity contribution < 1.29 is 14.3 Å². The van der Waals surface area contributed by atoms with E-state index in [-0.39, 0.29) is 25.0 Å². The van der Waals surface area contributed by atoms with Crippen LogP contribution in [-0.2, 0) is 0 Å². The van der Waals surface area contributed by atoms with Crippen molar-refractivity contribution in [2.24, 2.45) is 0 Å². The summed E-state index contributed by atoms with van der Waals surface area (Å²) in [5, 5.41) is 0. The second-order valence-corrected chi connectivity index (χ2v) is 9.76. The minimum Gasteiger partial charge on any atom is -0.454 e. The molecule has 1 aliphatic carbocycles. The standard InChI is InChI=1S/C31H31NO3.ClH/c33-29(10-4-7-17-32-15-5-1-6-16-32)23-12-13-26-27(24-8-2-3-9-25(24)28(26)20-23)18-22-11-14-30-31(19-22)35-21-34-30;/h2-3,8-9,11-14,18-20H,1,4-7,10,15-17,21H2;1H/b27-18-;. The molecule has 3 aromatic carbocycles. The van der Waals surface area contributed by atoms with Crippen molar-refractivity contribution in [1.29, 1.82) is 0 Å². The van der Waals surface area contributed by atoms with Crippen molar-refractivity contribution in [3.05, 3.63) is 82.9 Å². The van der Waals surface area contributed by atoms with Crippen LogP contribution in [0.2, 0.25) is 0 Å². The van der Waals surface area contributed by atoms with Crippen molar-refractivity contribution in [3.63, 3.8) is 0 Å². The number of ether oxygens (including phenoxy) is 2. The smallest absolute Gasteiger partial charge is 0.231 e. The van der Waals surface area contributed by atoms with Crippen LogP contribution in [0.25, 0.3) is 22.8 Å². The second-order valence-electron chi connectivity index (χ2n) is 9.76. The van der Waals surface area contributed by atoms with Crippen LogP contribution in [0.5, 0.6) is 11.5 Å². The lowest BCUT2D eigenvalue weighted by Crippen LogP contribution is -2.30. The quantitative estimate of drug-likeness (QED) is 0.197. The molecule has 0 aromatic heterocycles. The largest absolute Gasteiger partial charge is 0.454 e. The van der Waals surface area contributed by atoms with Crippen molar-refractivity contribution in [2.75, 3.05) is 26.4 Å². The van der Waals surface area contributed by atoms with E-state index in [1.165, 1.54) is 54.6 Å². The number of hydrogen-bond acceptors (Lipinski definition) is 4. The maximum Gasteiger partial charge on any atom is 0.231 e. The number of likely N-dealkylation sites (tertiary alicyclic amines) is 1. The Balaban J connectivity index is 0.00000267. The van der Waals surface area contributed by atoms with Gasteiger partial charge in [0.15, 0.2) is 17.3 Å². The Morgan fingerprint density at radius 1 is 0.806 bits per heavy atom. The van der Waals surface area contributed by atoms with E-state index >= 15 is 0 Å². The van der Waals surface area contributed by atoms with Gasteiger partial charge in [0.2, 0.25) is 6.79 Å². The molecule has 186 valence electrons. The maximum atomic E-state index is 13.0. The molecule has 36 heavy (non-hydrogen) atoms.